The van der Waals surface area contributed by atoms with Gasteiger partial charge in [-0.2, -0.15) is 5.06 Å². The Morgan fingerprint density at radius 2 is 1.73 bits per heavy atom. The molecule has 1 aliphatic heterocycles. The molecule has 2 heterocycles. The number of amides is 3. The normalized spacial score (nSPS) is 18.2. The summed E-state index contributed by atoms with van der Waals surface area (Å²) in [5.41, 5.74) is -2.80. The number of hydroxylamine groups is 2. The molecule has 0 aliphatic carbocycles. The van der Waals surface area contributed by atoms with Crippen molar-refractivity contribution in [3.8, 4) is 0 Å². The predicted molar refractivity (Wildman–Crippen MR) is 183 cm³/mol. The lowest BCUT2D eigenvalue weighted by Gasteiger charge is -2.35. The summed E-state index contributed by atoms with van der Waals surface area (Å²) in [5, 5.41) is 13.6. The van der Waals surface area contributed by atoms with Crippen LogP contribution in [0.25, 0.3) is 0 Å². The molecule has 1 aromatic heterocycles. The number of aromatic nitrogens is 1. The summed E-state index contributed by atoms with van der Waals surface area (Å²) in [6, 6.07) is 0. The van der Waals surface area contributed by atoms with Crippen LogP contribution in [-0.2, 0) is 39.8 Å². The van der Waals surface area contributed by atoms with Crippen LogP contribution in [0.5, 0.6) is 0 Å². The van der Waals surface area contributed by atoms with Gasteiger partial charge in [-0.15, -0.1) is 0 Å². The second-order valence-electron chi connectivity index (χ2n) is 11.7. The van der Waals surface area contributed by atoms with Gasteiger partial charge in [-0.25, -0.2) is 4.98 Å². The van der Waals surface area contributed by atoms with Crippen molar-refractivity contribution in [3.05, 3.63) is 102 Å². The smallest absolute Gasteiger partial charge is 0.280 e. The Morgan fingerprint density at radius 1 is 1.08 bits per heavy atom. The molecule has 0 saturated carbocycles. The first-order valence-corrected chi connectivity index (χ1v) is 15.7. The van der Waals surface area contributed by atoms with Crippen molar-refractivity contribution >= 4 is 23.5 Å². The van der Waals surface area contributed by atoms with Gasteiger partial charge >= 0.3 is 0 Å². The molecular weight excluding hydrogens is 632 g/mol. The van der Waals surface area contributed by atoms with Crippen LogP contribution in [0.3, 0.4) is 0 Å². The first kappa shape index (κ1) is 40.5. The summed E-state index contributed by atoms with van der Waals surface area (Å²) in [6.07, 6.45) is 23.5. The Labute approximate surface area is 287 Å². The molecule has 1 saturated heterocycles. The molecular formula is C36H48N4O9. The highest BCUT2D eigenvalue weighted by Gasteiger charge is 2.53. The maximum atomic E-state index is 13.0. The summed E-state index contributed by atoms with van der Waals surface area (Å²) in [6.45, 7) is 8.25. The quantitative estimate of drug-likeness (QED) is 0.0765. The standard InChI is InChI=1S/C36H48N4O9/c1-27(19-15-12-13-16-20-30-23-38-29(3)49-30)32(42)35(4,5)33(43)37-22-18-14-10-8-9-11-17-21-31(41)40(45)36(25-47-26-48-36)34(44)39(6)24-28(2)46-7/h8-19,21,23,28,45H,20,22,24-26H2,1-7H3,(H,37,43)/b10-8+,11-9+,15-12-,16-13+,18-14-,21-17+,27-19-. The number of carbonyl (C=O) groups excluding carboxylic acids is 4. The first-order valence-electron chi connectivity index (χ1n) is 15.7. The van der Waals surface area contributed by atoms with Crippen LogP contribution in [0.1, 0.15) is 39.3 Å². The van der Waals surface area contributed by atoms with E-state index in [2.05, 4.69) is 10.3 Å². The van der Waals surface area contributed by atoms with Gasteiger partial charge in [0.25, 0.3) is 17.5 Å². The van der Waals surface area contributed by atoms with Crippen LogP contribution in [0.2, 0.25) is 0 Å². The highest BCUT2D eigenvalue weighted by molar-refractivity contribution is 6.12. The SMILES string of the molecule is COC(C)CN(C)C(=O)C1(N(O)C(=O)/C=C/C=C/C=C/C=C\CNC(=O)C(C)(C)C(=O)\C(C)=C/C=C\C=C\Cc2cnc(C)o2)COCO1. The number of hydrogen-bond acceptors (Lipinski definition) is 10. The molecule has 13 nitrogen and oxygen atoms in total. The number of carbonyl (C=O) groups is 4. The molecule has 13 heteroatoms. The molecule has 2 unspecified atom stereocenters. The number of oxazole rings is 1. The average molecular weight is 681 g/mol. The van der Waals surface area contributed by atoms with Gasteiger partial charge in [-0.3, -0.25) is 24.4 Å². The Kier molecular flexibility index (Phi) is 16.5. The Morgan fingerprint density at radius 3 is 2.37 bits per heavy atom. The van der Waals surface area contributed by atoms with Gasteiger partial charge in [0.05, 0.1) is 12.3 Å². The molecule has 0 aromatic carbocycles. The van der Waals surface area contributed by atoms with Gasteiger partial charge in [-0.1, -0.05) is 72.9 Å². The number of allylic oxidation sites excluding steroid dienone is 12. The molecule has 0 radical (unpaired) electrons. The maximum absolute atomic E-state index is 13.0. The fraction of sp³-hybridized carbons (Fsp3) is 0.417. The molecule has 2 N–H and O–H groups in total. The molecule has 1 fully saturated rings. The molecule has 2 rings (SSSR count). The Bertz CT molecular complexity index is 1490. The minimum atomic E-state index is -2.00. The van der Waals surface area contributed by atoms with E-state index in [1.807, 2.05) is 12.2 Å². The van der Waals surface area contributed by atoms with Crippen molar-refractivity contribution in [2.24, 2.45) is 5.41 Å². The first-order chi connectivity index (χ1) is 23.3. The van der Waals surface area contributed by atoms with Crippen molar-refractivity contribution in [2.75, 3.05) is 40.6 Å². The minimum Gasteiger partial charge on any atom is -0.446 e. The number of Topliss-reactive ketones (excluding diaryl/α,β-unsaturated/α-hetero) is 1. The minimum absolute atomic E-state index is 0.216. The van der Waals surface area contributed by atoms with Gasteiger partial charge in [0.15, 0.2) is 18.5 Å². The van der Waals surface area contributed by atoms with Crippen LogP contribution in [0.15, 0.2) is 95.2 Å². The third-order valence-electron chi connectivity index (χ3n) is 7.34. The van der Waals surface area contributed by atoms with Crippen LogP contribution < -0.4 is 5.32 Å². The number of hydrogen-bond donors (Lipinski definition) is 2. The van der Waals surface area contributed by atoms with E-state index >= 15 is 0 Å². The second kappa shape index (κ2) is 20.0. The third-order valence-corrected chi connectivity index (χ3v) is 7.34. The maximum Gasteiger partial charge on any atom is 0.280 e. The number of likely N-dealkylation sites (N-methyl/N-ethyl adjacent to an activating group) is 1. The lowest BCUT2D eigenvalue weighted by molar-refractivity contribution is -0.245. The molecule has 0 bridgehead atoms. The zero-order valence-corrected chi connectivity index (χ0v) is 29.3. The van der Waals surface area contributed by atoms with E-state index in [9.17, 15) is 24.4 Å². The lowest BCUT2D eigenvalue weighted by Crippen LogP contribution is -2.61. The topological polar surface area (TPSA) is 161 Å². The van der Waals surface area contributed by atoms with Gasteiger partial charge < -0.3 is 28.8 Å². The van der Waals surface area contributed by atoms with E-state index in [1.54, 1.807) is 95.5 Å². The van der Waals surface area contributed by atoms with E-state index in [-0.39, 0.29) is 43.4 Å². The van der Waals surface area contributed by atoms with Gasteiger partial charge in [0.2, 0.25) is 5.91 Å². The summed E-state index contributed by atoms with van der Waals surface area (Å²) in [7, 11) is 3.02. The largest absolute Gasteiger partial charge is 0.446 e. The highest BCUT2D eigenvalue weighted by atomic mass is 16.8. The number of nitrogens with one attached hydrogen (secondary N) is 1. The van der Waals surface area contributed by atoms with E-state index in [0.29, 0.717) is 17.9 Å². The predicted octanol–water partition coefficient (Wildman–Crippen LogP) is 3.93. The summed E-state index contributed by atoms with van der Waals surface area (Å²) >= 11 is 0. The van der Waals surface area contributed by atoms with Crippen LogP contribution in [-0.4, -0.2) is 96.1 Å². The fourth-order valence-electron chi connectivity index (χ4n) is 4.40. The summed E-state index contributed by atoms with van der Waals surface area (Å²) in [4.78, 5) is 56.7. The Balaban J connectivity index is 1.79. The van der Waals surface area contributed by atoms with Gasteiger partial charge in [0, 0.05) is 46.7 Å². The number of rotatable bonds is 18. The monoisotopic (exact) mass is 680 g/mol. The molecule has 266 valence electrons. The van der Waals surface area contributed by atoms with Crippen LogP contribution >= 0.6 is 0 Å². The van der Waals surface area contributed by atoms with Crippen molar-refractivity contribution in [3.63, 3.8) is 0 Å². The van der Waals surface area contributed by atoms with Gasteiger partial charge in [0.1, 0.15) is 17.8 Å². The van der Waals surface area contributed by atoms with Gasteiger partial charge in [-0.05, 0) is 33.3 Å². The number of methoxy groups -OCH3 is 1. The zero-order chi connectivity index (χ0) is 36.5. The van der Waals surface area contributed by atoms with E-state index in [4.69, 9.17) is 18.6 Å². The zero-order valence-electron chi connectivity index (χ0n) is 29.3. The number of aryl methyl sites for hydroxylation is 1. The van der Waals surface area contributed by atoms with Crippen molar-refractivity contribution < 1.29 is 43.0 Å². The van der Waals surface area contributed by atoms with Crippen LogP contribution in [0, 0.1) is 12.3 Å². The molecule has 49 heavy (non-hydrogen) atoms. The summed E-state index contributed by atoms with van der Waals surface area (Å²) in [5.74, 6) is -0.814. The molecule has 2 atom stereocenters. The number of nitrogens with zero attached hydrogens (tertiary/aromatic N) is 3. The van der Waals surface area contributed by atoms with E-state index < -0.39 is 28.9 Å². The van der Waals surface area contributed by atoms with Crippen molar-refractivity contribution in [2.45, 2.75) is 52.9 Å². The van der Waals surface area contributed by atoms with E-state index in [0.717, 1.165) is 11.8 Å². The number of ether oxygens (including phenoxy) is 3. The van der Waals surface area contributed by atoms with Crippen molar-refractivity contribution in [1.82, 2.24) is 20.3 Å². The lowest BCUT2D eigenvalue weighted by atomic mass is 9.83. The van der Waals surface area contributed by atoms with E-state index in [1.165, 1.54) is 25.1 Å². The highest BCUT2D eigenvalue weighted by Crippen LogP contribution is 2.25. The fourth-order valence-corrected chi connectivity index (χ4v) is 4.40. The third kappa shape index (κ3) is 12.4. The average Bonchev–Trinajstić information content (AvgIpc) is 3.75. The molecule has 1 aromatic rings. The second-order valence-corrected chi connectivity index (χ2v) is 11.7. The Hall–Kier alpha value is -4.69. The molecule has 1 aliphatic rings. The summed E-state index contributed by atoms with van der Waals surface area (Å²) < 4.78 is 21.1. The van der Waals surface area contributed by atoms with Crippen LogP contribution in [0.4, 0.5) is 0 Å². The molecule has 0 spiro atoms. The van der Waals surface area contributed by atoms with Crippen molar-refractivity contribution in [1.29, 1.82) is 0 Å². The number of ketones is 1. The molecule has 3 amide bonds.